The standard InChI is InChI=1S/C18H17ClFNO5/c1-11(18(23)21-16-8-3-12(20)9-15(16)19)26-17(22)10-25-14-6-4-13(24-2)5-7-14/h3-9,11H,10H2,1-2H3,(H,21,23)/t11-/m0/s1. The van der Waals surface area contributed by atoms with E-state index in [0.717, 1.165) is 12.1 Å². The summed E-state index contributed by atoms with van der Waals surface area (Å²) in [6.45, 7) is 1.04. The Bertz CT molecular complexity index is 782. The largest absolute Gasteiger partial charge is 0.497 e. The molecule has 2 aromatic rings. The van der Waals surface area contributed by atoms with Crippen LogP contribution in [0.3, 0.4) is 0 Å². The zero-order valence-electron chi connectivity index (χ0n) is 14.1. The van der Waals surface area contributed by atoms with E-state index in [-0.39, 0.29) is 17.3 Å². The molecule has 0 aromatic heterocycles. The normalized spacial score (nSPS) is 11.4. The van der Waals surface area contributed by atoms with Gasteiger partial charge in [0, 0.05) is 0 Å². The molecule has 138 valence electrons. The van der Waals surface area contributed by atoms with Crippen LogP contribution in [0.15, 0.2) is 42.5 Å². The van der Waals surface area contributed by atoms with Gasteiger partial charge in [-0.1, -0.05) is 11.6 Å². The predicted octanol–water partition coefficient (Wildman–Crippen LogP) is 3.44. The Morgan fingerprint density at radius 1 is 1.15 bits per heavy atom. The van der Waals surface area contributed by atoms with E-state index < -0.39 is 23.8 Å². The van der Waals surface area contributed by atoms with E-state index in [1.165, 1.54) is 13.0 Å². The van der Waals surface area contributed by atoms with Crippen molar-refractivity contribution in [1.29, 1.82) is 0 Å². The van der Waals surface area contributed by atoms with Crippen LogP contribution in [0.2, 0.25) is 5.02 Å². The summed E-state index contributed by atoms with van der Waals surface area (Å²) in [6, 6.07) is 10.2. The van der Waals surface area contributed by atoms with Gasteiger partial charge in [-0.15, -0.1) is 0 Å². The van der Waals surface area contributed by atoms with E-state index in [2.05, 4.69) is 5.32 Å². The van der Waals surface area contributed by atoms with Crippen LogP contribution >= 0.6 is 11.6 Å². The lowest BCUT2D eigenvalue weighted by Crippen LogP contribution is -2.31. The van der Waals surface area contributed by atoms with E-state index in [0.29, 0.717) is 11.5 Å². The van der Waals surface area contributed by atoms with E-state index >= 15 is 0 Å². The molecule has 0 fully saturated rings. The lowest BCUT2D eigenvalue weighted by atomic mass is 10.3. The van der Waals surface area contributed by atoms with Crippen molar-refractivity contribution >= 4 is 29.2 Å². The maximum Gasteiger partial charge on any atom is 0.344 e. The molecule has 0 saturated carbocycles. The molecule has 0 saturated heterocycles. The Morgan fingerprint density at radius 3 is 2.42 bits per heavy atom. The monoisotopic (exact) mass is 381 g/mol. The highest BCUT2D eigenvalue weighted by Gasteiger charge is 2.19. The highest BCUT2D eigenvalue weighted by atomic mass is 35.5. The molecule has 2 aromatic carbocycles. The molecule has 8 heteroatoms. The molecule has 0 aliphatic heterocycles. The number of rotatable bonds is 7. The minimum absolute atomic E-state index is 0.0414. The number of hydrogen-bond donors (Lipinski definition) is 1. The number of nitrogens with one attached hydrogen (secondary N) is 1. The van der Waals surface area contributed by atoms with Crippen molar-refractivity contribution in [3.63, 3.8) is 0 Å². The van der Waals surface area contributed by atoms with Crippen LogP contribution in [0.25, 0.3) is 0 Å². The average Bonchev–Trinajstić information content (AvgIpc) is 2.62. The average molecular weight is 382 g/mol. The molecule has 2 rings (SSSR count). The van der Waals surface area contributed by atoms with Gasteiger partial charge in [-0.25, -0.2) is 9.18 Å². The van der Waals surface area contributed by atoms with Crippen LogP contribution in [0.4, 0.5) is 10.1 Å². The van der Waals surface area contributed by atoms with Crippen molar-refractivity contribution in [2.24, 2.45) is 0 Å². The van der Waals surface area contributed by atoms with Gasteiger partial charge in [0.15, 0.2) is 12.7 Å². The summed E-state index contributed by atoms with van der Waals surface area (Å²) in [7, 11) is 1.54. The number of methoxy groups -OCH3 is 1. The van der Waals surface area contributed by atoms with Gasteiger partial charge < -0.3 is 19.5 Å². The first kappa shape index (κ1) is 19.5. The maximum atomic E-state index is 13.0. The molecule has 0 aliphatic rings. The van der Waals surface area contributed by atoms with Gasteiger partial charge >= 0.3 is 5.97 Å². The second-order valence-electron chi connectivity index (χ2n) is 5.21. The maximum absolute atomic E-state index is 13.0. The number of halogens is 2. The Hall–Kier alpha value is -2.80. The molecular weight excluding hydrogens is 365 g/mol. The lowest BCUT2D eigenvalue weighted by molar-refractivity contribution is -0.155. The highest BCUT2D eigenvalue weighted by molar-refractivity contribution is 6.33. The number of esters is 1. The SMILES string of the molecule is COc1ccc(OCC(=O)O[C@@H](C)C(=O)Nc2ccc(F)cc2Cl)cc1. The van der Waals surface area contributed by atoms with Crippen molar-refractivity contribution in [3.8, 4) is 11.5 Å². The quantitative estimate of drug-likeness (QED) is 0.744. The van der Waals surface area contributed by atoms with Crippen molar-refractivity contribution in [2.45, 2.75) is 13.0 Å². The second-order valence-corrected chi connectivity index (χ2v) is 5.62. The molecule has 0 unspecified atom stereocenters. The molecule has 0 spiro atoms. The van der Waals surface area contributed by atoms with Crippen molar-refractivity contribution in [1.82, 2.24) is 0 Å². The summed E-state index contributed by atoms with van der Waals surface area (Å²) >= 11 is 5.83. The van der Waals surface area contributed by atoms with Crippen LogP contribution in [0.1, 0.15) is 6.92 Å². The number of ether oxygens (including phenoxy) is 3. The summed E-state index contributed by atoms with van der Waals surface area (Å²) < 4.78 is 28.3. The van der Waals surface area contributed by atoms with Gasteiger partial charge in [-0.2, -0.15) is 0 Å². The van der Waals surface area contributed by atoms with Gasteiger partial charge in [-0.05, 0) is 49.4 Å². The van der Waals surface area contributed by atoms with E-state index in [1.807, 2.05) is 0 Å². The summed E-state index contributed by atoms with van der Waals surface area (Å²) in [5, 5.41) is 2.50. The minimum atomic E-state index is -1.08. The van der Waals surface area contributed by atoms with Crippen molar-refractivity contribution < 1.29 is 28.2 Å². The zero-order chi connectivity index (χ0) is 19.1. The number of benzene rings is 2. The summed E-state index contributed by atoms with van der Waals surface area (Å²) in [4.78, 5) is 23.8. The molecule has 0 heterocycles. The topological polar surface area (TPSA) is 73.9 Å². The first-order valence-electron chi connectivity index (χ1n) is 7.61. The van der Waals surface area contributed by atoms with Crippen LogP contribution < -0.4 is 14.8 Å². The molecule has 0 radical (unpaired) electrons. The first-order chi connectivity index (χ1) is 12.4. The fraction of sp³-hybridized carbons (Fsp3) is 0.222. The molecule has 0 bridgehead atoms. The van der Waals surface area contributed by atoms with E-state index in [1.54, 1.807) is 31.4 Å². The smallest absolute Gasteiger partial charge is 0.344 e. The van der Waals surface area contributed by atoms with E-state index in [4.69, 9.17) is 25.8 Å². The van der Waals surface area contributed by atoms with Gasteiger partial charge in [0.2, 0.25) is 0 Å². The van der Waals surface area contributed by atoms with Crippen LogP contribution in [0.5, 0.6) is 11.5 Å². The molecule has 1 N–H and O–H groups in total. The van der Waals surface area contributed by atoms with Gasteiger partial charge in [0.1, 0.15) is 17.3 Å². The lowest BCUT2D eigenvalue weighted by Gasteiger charge is -2.14. The molecule has 1 atom stereocenters. The van der Waals surface area contributed by atoms with E-state index in [9.17, 15) is 14.0 Å². The third-order valence-corrected chi connectivity index (χ3v) is 3.60. The van der Waals surface area contributed by atoms with Crippen molar-refractivity contribution in [3.05, 3.63) is 53.3 Å². The second kappa shape index (κ2) is 9.05. The van der Waals surface area contributed by atoms with Crippen molar-refractivity contribution in [2.75, 3.05) is 19.0 Å². The van der Waals surface area contributed by atoms with Crippen LogP contribution in [-0.4, -0.2) is 31.7 Å². The molecule has 0 aliphatic carbocycles. The number of carbonyl (C=O) groups is 2. The summed E-state index contributed by atoms with van der Waals surface area (Å²) in [6.07, 6.45) is -1.08. The number of amides is 1. The minimum Gasteiger partial charge on any atom is -0.497 e. The van der Waals surface area contributed by atoms with Gasteiger partial charge in [0.25, 0.3) is 5.91 Å². The Balaban J connectivity index is 1.82. The third-order valence-electron chi connectivity index (χ3n) is 3.28. The molecule has 26 heavy (non-hydrogen) atoms. The Labute approximate surface area is 154 Å². The molecule has 1 amide bonds. The zero-order valence-corrected chi connectivity index (χ0v) is 14.9. The fourth-order valence-electron chi connectivity index (χ4n) is 1.92. The Kier molecular flexibility index (Phi) is 6.80. The van der Waals surface area contributed by atoms with Gasteiger partial charge in [-0.3, -0.25) is 4.79 Å². The first-order valence-corrected chi connectivity index (χ1v) is 7.99. The molecular formula is C18H17ClFNO5. The van der Waals surface area contributed by atoms with Gasteiger partial charge in [0.05, 0.1) is 17.8 Å². The molecule has 6 nitrogen and oxygen atoms in total. The Morgan fingerprint density at radius 2 is 1.81 bits per heavy atom. The highest BCUT2D eigenvalue weighted by Crippen LogP contribution is 2.22. The summed E-state index contributed by atoms with van der Waals surface area (Å²) in [5.74, 6) is -0.726. The van der Waals surface area contributed by atoms with Crippen LogP contribution in [-0.2, 0) is 14.3 Å². The predicted molar refractivity (Wildman–Crippen MR) is 94.1 cm³/mol. The number of anilines is 1. The number of hydrogen-bond acceptors (Lipinski definition) is 5. The van der Waals surface area contributed by atoms with Crippen LogP contribution in [0, 0.1) is 5.82 Å². The summed E-state index contributed by atoms with van der Waals surface area (Å²) in [5.41, 5.74) is 0.218. The number of carbonyl (C=O) groups excluding carboxylic acids is 2. The third kappa shape index (κ3) is 5.63. The fourth-order valence-corrected chi connectivity index (χ4v) is 2.14.